The van der Waals surface area contributed by atoms with Gasteiger partial charge in [-0.25, -0.2) is 4.39 Å². The molecule has 128 valence electrons. The average Bonchev–Trinajstić information content (AvgIpc) is 3.17. The predicted molar refractivity (Wildman–Crippen MR) is 89.4 cm³/mol. The summed E-state index contributed by atoms with van der Waals surface area (Å²) in [5.74, 6) is 0.167. The van der Waals surface area contributed by atoms with E-state index in [1.807, 2.05) is 13.0 Å². The Bertz CT molecular complexity index is 734. The van der Waals surface area contributed by atoms with Crippen LogP contribution in [0.25, 0.3) is 0 Å². The van der Waals surface area contributed by atoms with Crippen LogP contribution in [0.2, 0.25) is 5.02 Å². The number of hydrogen-bond donors (Lipinski definition) is 1. The van der Waals surface area contributed by atoms with E-state index in [2.05, 4.69) is 15.4 Å². The normalized spacial score (nSPS) is 18.0. The number of aromatic nitrogens is 1. The minimum absolute atomic E-state index is 0.00573. The Morgan fingerprint density at radius 1 is 1.50 bits per heavy atom. The summed E-state index contributed by atoms with van der Waals surface area (Å²) >= 11 is 5.72. The third-order valence-electron chi connectivity index (χ3n) is 4.18. The average molecular weight is 352 g/mol. The fourth-order valence-electron chi connectivity index (χ4n) is 3.01. The molecule has 1 amide bonds. The number of hydrogen-bond acceptors (Lipinski definition) is 4. The van der Waals surface area contributed by atoms with Gasteiger partial charge >= 0.3 is 0 Å². The number of halogens is 2. The first-order valence-corrected chi connectivity index (χ1v) is 8.33. The number of nitrogens with zero attached hydrogens (tertiary/aromatic N) is 2. The zero-order valence-electron chi connectivity index (χ0n) is 13.4. The van der Waals surface area contributed by atoms with Crippen LogP contribution in [0.15, 0.2) is 28.8 Å². The molecule has 0 bridgehead atoms. The van der Waals surface area contributed by atoms with E-state index < -0.39 is 5.82 Å². The van der Waals surface area contributed by atoms with Crippen molar-refractivity contribution in [3.63, 3.8) is 0 Å². The Morgan fingerprint density at radius 2 is 2.33 bits per heavy atom. The van der Waals surface area contributed by atoms with Gasteiger partial charge in [-0.05, 0) is 44.5 Å². The van der Waals surface area contributed by atoms with E-state index in [-0.39, 0.29) is 17.0 Å². The number of likely N-dealkylation sites (tertiary alicyclic amines) is 1. The maximum absolute atomic E-state index is 13.1. The van der Waals surface area contributed by atoms with E-state index in [0.717, 1.165) is 30.8 Å². The summed E-state index contributed by atoms with van der Waals surface area (Å²) in [6.45, 7) is 3.45. The van der Waals surface area contributed by atoms with Crippen molar-refractivity contribution >= 4 is 23.2 Å². The maximum atomic E-state index is 13.1. The molecule has 24 heavy (non-hydrogen) atoms. The largest absolute Gasteiger partial charge is 0.361 e. The third-order valence-corrected chi connectivity index (χ3v) is 4.47. The molecule has 0 saturated carbocycles. The summed E-state index contributed by atoms with van der Waals surface area (Å²) < 4.78 is 18.3. The molecular formula is C17H19ClFN3O2. The first-order chi connectivity index (χ1) is 11.5. The molecule has 1 aliphatic rings. The van der Waals surface area contributed by atoms with E-state index in [1.54, 1.807) is 0 Å². The first kappa shape index (κ1) is 16.9. The molecule has 7 heteroatoms. The quantitative estimate of drug-likeness (QED) is 0.886. The van der Waals surface area contributed by atoms with Gasteiger partial charge in [0.1, 0.15) is 17.3 Å². The summed E-state index contributed by atoms with van der Waals surface area (Å²) in [4.78, 5) is 14.3. The molecule has 0 spiro atoms. The van der Waals surface area contributed by atoms with E-state index >= 15 is 0 Å². The van der Waals surface area contributed by atoms with Crippen LogP contribution >= 0.6 is 11.6 Å². The summed E-state index contributed by atoms with van der Waals surface area (Å²) in [6.07, 6.45) is 2.44. The van der Waals surface area contributed by atoms with E-state index in [0.29, 0.717) is 18.7 Å². The van der Waals surface area contributed by atoms with Crippen molar-refractivity contribution in [2.45, 2.75) is 32.2 Å². The Morgan fingerprint density at radius 3 is 3.04 bits per heavy atom. The van der Waals surface area contributed by atoms with Gasteiger partial charge in [0.05, 0.1) is 11.1 Å². The lowest BCUT2D eigenvalue weighted by molar-refractivity contribution is -0.116. The lowest BCUT2D eigenvalue weighted by Crippen LogP contribution is -2.27. The fourth-order valence-corrected chi connectivity index (χ4v) is 3.19. The summed E-state index contributed by atoms with van der Waals surface area (Å²) in [5, 5.41) is 6.83. The molecule has 1 N–H and O–H groups in total. The second kappa shape index (κ2) is 7.32. The maximum Gasteiger partial charge on any atom is 0.225 e. The molecule has 5 nitrogen and oxygen atoms in total. The van der Waals surface area contributed by atoms with E-state index in [1.165, 1.54) is 18.2 Å². The predicted octanol–water partition coefficient (Wildman–Crippen LogP) is 3.94. The summed E-state index contributed by atoms with van der Waals surface area (Å²) in [5.41, 5.74) is 1.42. The highest BCUT2D eigenvalue weighted by atomic mass is 35.5. The SMILES string of the molecule is Cc1cc([C@@H]2CCCN2CCC(=O)Nc2ccc(F)c(Cl)c2)no1. The van der Waals surface area contributed by atoms with Crippen molar-refractivity contribution in [2.24, 2.45) is 0 Å². The fraction of sp³-hybridized carbons (Fsp3) is 0.412. The van der Waals surface area contributed by atoms with Crippen LogP contribution in [0, 0.1) is 12.7 Å². The number of amides is 1. The molecule has 1 aliphatic heterocycles. The van der Waals surface area contributed by atoms with Crippen molar-refractivity contribution < 1.29 is 13.7 Å². The molecule has 0 aliphatic carbocycles. The van der Waals surface area contributed by atoms with E-state index in [4.69, 9.17) is 16.1 Å². The van der Waals surface area contributed by atoms with Crippen molar-refractivity contribution in [3.8, 4) is 0 Å². The molecule has 1 fully saturated rings. The molecule has 1 aromatic heterocycles. The highest BCUT2D eigenvalue weighted by Gasteiger charge is 2.28. The van der Waals surface area contributed by atoms with Gasteiger partial charge in [-0.2, -0.15) is 0 Å². The van der Waals surface area contributed by atoms with Crippen molar-refractivity contribution in [2.75, 3.05) is 18.4 Å². The first-order valence-electron chi connectivity index (χ1n) is 7.95. The minimum Gasteiger partial charge on any atom is -0.361 e. The standard InChI is InChI=1S/C17H19ClFN3O2/c1-11-9-15(21-24-11)16-3-2-7-22(16)8-6-17(23)20-12-4-5-14(19)13(18)10-12/h4-5,9-10,16H,2-3,6-8H2,1H3,(H,20,23)/t16-/m0/s1. The number of nitrogens with one attached hydrogen (secondary N) is 1. The van der Waals surface area contributed by atoms with Crippen molar-refractivity contribution in [3.05, 3.63) is 46.6 Å². The van der Waals surface area contributed by atoms with Gasteiger partial charge in [0.2, 0.25) is 5.91 Å². The van der Waals surface area contributed by atoms with Crippen LogP contribution in [0.3, 0.4) is 0 Å². The van der Waals surface area contributed by atoms with Crippen LogP contribution in [-0.2, 0) is 4.79 Å². The Labute approximate surface area is 144 Å². The Balaban J connectivity index is 1.54. The minimum atomic E-state index is -0.502. The second-order valence-corrected chi connectivity index (χ2v) is 6.39. The second-order valence-electron chi connectivity index (χ2n) is 5.98. The number of carbonyl (C=O) groups excluding carboxylic acids is 1. The lowest BCUT2D eigenvalue weighted by atomic mass is 10.1. The van der Waals surface area contributed by atoms with Crippen LogP contribution in [0.1, 0.15) is 36.8 Å². The number of benzene rings is 1. The van der Waals surface area contributed by atoms with Gasteiger partial charge in [0, 0.05) is 24.7 Å². The molecule has 2 heterocycles. The topological polar surface area (TPSA) is 58.4 Å². The molecule has 1 saturated heterocycles. The molecule has 2 aromatic rings. The van der Waals surface area contributed by atoms with E-state index in [9.17, 15) is 9.18 Å². The Hall–Kier alpha value is -1.92. The highest BCUT2D eigenvalue weighted by molar-refractivity contribution is 6.31. The molecule has 1 atom stereocenters. The van der Waals surface area contributed by atoms with Crippen LogP contribution in [-0.4, -0.2) is 29.1 Å². The molecular weight excluding hydrogens is 333 g/mol. The summed E-state index contributed by atoms with van der Waals surface area (Å²) in [7, 11) is 0. The Kier molecular flexibility index (Phi) is 5.16. The molecule has 3 rings (SSSR count). The van der Waals surface area contributed by atoms with Gasteiger partial charge in [-0.3, -0.25) is 9.69 Å². The van der Waals surface area contributed by atoms with Gasteiger partial charge in [-0.1, -0.05) is 16.8 Å². The molecule has 0 radical (unpaired) electrons. The summed E-state index contributed by atoms with van der Waals surface area (Å²) in [6, 6.07) is 6.29. The van der Waals surface area contributed by atoms with Crippen LogP contribution < -0.4 is 5.32 Å². The van der Waals surface area contributed by atoms with Gasteiger partial charge in [0.15, 0.2) is 0 Å². The number of rotatable bonds is 5. The van der Waals surface area contributed by atoms with Crippen molar-refractivity contribution in [1.29, 1.82) is 0 Å². The zero-order chi connectivity index (χ0) is 17.1. The van der Waals surface area contributed by atoms with Gasteiger partial charge in [0.25, 0.3) is 0 Å². The third kappa shape index (κ3) is 3.94. The monoisotopic (exact) mass is 351 g/mol. The smallest absolute Gasteiger partial charge is 0.225 e. The van der Waals surface area contributed by atoms with Gasteiger partial charge < -0.3 is 9.84 Å². The number of anilines is 1. The van der Waals surface area contributed by atoms with Crippen molar-refractivity contribution in [1.82, 2.24) is 10.1 Å². The number of carbonyl (C=O) groups is 1. The van der Waals surface area contributed by atoms with Crippen LogP contribution in [0.5, 0.6) is 0 Å². The van der Waals surface area contributed by atoms with Gasteiger partial charge in [-0.15, -0.1) is 0 Å². The number of aryl methyl sites for hydroxylation is 1. The highest BCUT2D eigenvalue weighted by Crippen LogP contribution is 2.31. The van der Waals surface area contributed by atoms with Crippen LogP contribution in [0.4, 0.5) is 10.1 Å². The molecule has 0 unspecified atom stereocenters. The lowest BCUT2D eigenvalue weighted by Gasteiger charge is -2.22. The zero-order valence-corrected chi connectivity index (χ0v) is 14.1. The molecule has 1 aromatic carbocycles.